The van der Waals surface area contributed by atoms with Crippen LogP contribution in [0.1, 0.15) is 0 Å². The summed E-state index contributed by atoms with van der Waals surface area (Å²) in [6.45, 7) is 2.99. The fourth-order valence-electron chi connectivity index (χ4n) is 5.07. The van der Waals surface area contributed by atoms with Gasteiger partial charge in [0.1, 0.15) is 17.0 Å². The first kappa shape index (κ1) is 22.1. The SMILES string of the molecule is COc1cc(OC)c2c(=O)c3cc(N)c(N4CCN(c5nc6ccccc6o5)CC4)cc3n(C)c2c1. The Bertz CT molecular complexity index is 1650. The molecule has 3 heterocycles. The Morgan fingerprint density at radius 3 is 2.42 bits per heavy atom. The number of piperazine rings is 1. The Morgan fingerprint density at radius 1 is 0.944 bits per heavy atom. The summed E-state index contributed by atoms with van der Waals surface area (Å²) in [7, 11) is 5.09. The highest BCUT2D eigenvalue weighted by Crippen LogP contribution is 2.34. The molecule has 6 rings (SSSR count). The molecule has 2 aromatic heterocycles. The van der Waals surface area contributed by atoms with Gasteiger partial charge in [0.25, 0.3) is 6.01 Å². The van der Waals surface area contributed by atoms with Crippen LogP contribution in [0.25, 0.3) is 32.9 Å². The lowest BCUT2D eigenvalue weighted by atomic mass is 10.1. The predicted octanol–water partition coefficient (Wildman–Crippen LogP) is 3.76. The molecular weight excluding hydrogens is 458 g/mol. The molecule has 0 bridgehead atoms. The summed E-state index contributed by atoms with van der Waals surface area (Å²) in [5.41, 5.74) is 11.1. The zero-order valence-corrected chi connectivity index (χ0v) is 20.4. The molecule has 0 unspecified atom stereocenters. The Hall–Kier alpha value is -4.40. The van der Waals surface area contributed by atoms with Crippen LogP contribution in [0.5, 0.6) is 11.5 Å². The number of hydrogen-bond donors (Lipinski definition) is 1. The lowest BCUT2D eigenvalue weighted by Gasteiger charge is -2.36. The van der Waals surface area contributed by atoms with Gasteiger partial charge in [-0.05, 0) is 24.3 Å². The standard InChI is InChI=1S/C27H27N5O4/c1-30-20-15-21(31-8-10-32(11-9-31)27-29-19-6-4-5-7-23(19)36-27)18(28)14-17(20)26(33)25-22(30)12-16(34-2)13-24(25)35-3/h4-7,12-15H,8-11,28H2,1-3H3. The molecule has 1 aliphatic heterocycles. The first-order valence-electron chi connectivity index (χ1n) is 11.8. The highest BCUT2D eigenvalue weighted by Gasteiger charge is 2.24. The summed E-state index contributed by atoms with van der Waals surface area (Å²) >= 11 is 0. The van der Waals surface area contributed by atoms with Gasteiger partial charge in [-0.15, -0.1) is 0 Å². The minimum Gasteiger partial charge on any atom is -0.497 e. The normalized spacial score (nSPS) is 14.2. The number of hydrogen-bond acceptors (Lipinski definition) is 8. The topological polar surface area (TPSA) is 99.0 Å². The molecule has 0 spiro atoms. The smallest absolute Gasteiger partial charge is 0.298 e. The van der Waals surface area contributed by atoms with Crippen molar-refractivity contribution in [2.45, 2.75) is 0 Å². The van der Waals surface area contributed by atoms with Crippen LogP contribution < -0.4 is 30.4 Å². The van der Waals surface area contributed by atoms with Crippen molar-refractivity contribution >= 4 is 50.3 Å². The highest BCUT2D eigenvalue weighted by molar-refractivity contribution is 6.00. The molecule has 0 aliphatic carbocycles. The number of nitrogen functional groups attached to an aromatic ring is 1. The Labute approximate surface area is 207 Å². The molecule has 184 valence electrons. The lowest BCUT2D eigenvalue weighted by Crippen LogP contribution is -2.46. The van der Waals surface area contributed by atoms with Crippen LogP contribution in [-0.4, -0.2) is 49.9 Å². The number of pyridine rings is 1. The van der Waals surface area contributed by atoms with Gasteiger partial charge in [0.15, 0.2) is 5.58 Å². The second kappa shape index (κ2) is 8.37. The van der Waals surface area contributed by atoms with Crippen LogP contribution in [0.2, 0.25) is 0 Å². The fraction of sp³-hybridized carbons (Fsp3) is 0.259. The number of ether oxygens (including phenoxy) is 2. The molecule has 9 heteroatoms. The first-order valence-corrected chi connectivity index (χ1v) is 11.8. The number of nitrogens with two attached hydrogens (primary N) is 1. The average molecular weight is 486 g/mol. The maximum atomic E-state index is 13.5. The first-order chi connectivity index (χ1) is 17.5. The van der Waals surface area contributed by atoms with Crippen molar-refractivity contribution in [3.8, 4) is 11.5 Å². The van der Waals surface area contributed by atoms with Gasteiger partial charge < -0.3 is 34.0 Å². The Kier molecular flexibility index (Phi) is 5.13. The molecule has 1 saturated heterocycles. The number of nitrogens with zero attached hydrogens (tertiary/aromatic N) is 4. The van der Waals surface area contributed by atoms with E-state index in [0.29, 0.717) is 34.0 Å². The van der Waals surface area contributed by atoms with Gasteiger partial charge >= 0.3 is 0 Å². The number of anilines is 3. The van der Waals surface area contributed by atoms with Crippen LogP contribution in [-0.2, 0) is 7.05 Å². The zero-order chi connectivity index (χ0) is 25.0. The summed E-state index contributed by atoms with van der Waals surface area (Å²) in [4.78, 5) is 22.5. The molecule has 0 saturated carbocycles. The summed E-state index contributed by atoms with van der Waals surface area (Å²) in [6.07, 6.45) is 0. The fourth-order valence-corrected chi connectivity index (χ4v) is 5.07. The molecule has 36 heavy (non-hydrogen) atoms. The van der Waals surface area contributed by atoms with E-state index in [2.05, 4.69) is 14.8 Å². The van der Waals surface area contributed by atoms with E-state index in [1.54, 1.807) is 26.4 Å². The molecule has 2 N–H and O–H groups in total. The van der Waals surface area contributed by atoms with E-state index in [1.807, 2.05) is 48.0 Å². The molecule has 0 radical (unpaired) electrons. The van der Waals surface area contributed by atoms with Crippen LogP contribution in [0.3, 0.4) is 0 Å². The number of para-hydroxylation sites is 2. The van der Waals surface area contributed by atoms with E-state index in [0.717, 1.165) is 54.0 Å². The molecule has 1 fully saturated rings. The average Bonchev–Trinajstić information content (AvgIpc) is 3.35. The van der Waals surface area contributed by atoms with Gasteiger partial charge in [-0.3, -0.25) is 4.79 Å². The van der Waals surface area contributed by atoms with Crippen LogP contribution in [0, 0.1) is 0 Å². The minimum absolute atomic E-state index is 0.114. The maximum absolute atomic E-state index is 13.5. The van der Waals surface area contributed by atoms with E-state index in [-0.39, 0.29) is 5.43 Å². The largest absolute Gasteiger partial charge is 0.497 e. The van der Waals surface area contributed by atoms with Crippen LogP contribution in [0.15, 0.2) is 57.7 Å². The summed E-state index contributed by atoms with van der Waals surface area (Å²) in [6, 6.07) is 15.8. The molecule has 1 aliphatic rings. The summed E-state index contributed by atoms with van der Waals surface area (Å²) in [5.74, 6) is 1.10. The van der Waals surface area contributed by atoms with Gasteiger partial charge in [-0.1, -0.05) is 12.1 Å². The number of oxazole rings is 1. The quantitative estimate of drug-likeness (QED) is 0.304. The van der Waals surface area contributed by atoms with Gasteiger partial charge in [0.2, 0.25) is 5.43 Å². The van der Waals surface area contributed by atoms with Gasteiger partial charge in [0.05, 0.1) is 42.0 Å². The number of benzene rings is 3. The number of aryl methyl sites for hydroxylation is 1. The number of aromatic nitrogens is 2. The van der Waals surface area contributed by atoms with E-state index in [9.17, 15) is 4.79 Å². The predicted molar refractivity (Wildman–Crippen MR) is 143 cm³/mol. The molecular formula is C27H27N5O4. The minimum atomic E-state index is -0.114. The van der Waals surface area contributed by atoms with E-state index in [1.165, 1.54) is 0 Å². The third kappa shape index (κ3) is 3.38. The van der Waals surface area contributed by atoms with Crippen molar-refractivity contribution in [2.75, 3.05) is 55.9 Å². The summed E-state index contributed by atoms with van der Waals surface area (Å²) < 4.78 is 18.9. The van der Waals surface area contributed by atoms with Crippen LogP contribution in [0.4, 0.5) is 17.4 Å². The molecule has 3 aromatic carbocycles. The monoisotopic (exact) mass is 485 g/mol. The molecule has 0 amide bonds. The molecule has 9 nitrogen and oxygen atoms in total. The van der Waals surface area contributed by atoms with Crippen molar-refractivity contribution in [2.24, 2.45) is 7.05 Å². The number of rotatable bonds is 4. The highest BCUT2D eigenvalue weighted by atomic mass is 16.5. The van der Waals surface area contributed by atoms with Gasteiger partial charge in [-0.2, -0.15) is 4.98 Å². The lowest BCUT2D eigenvalue weighted by molar-refractivity contribution is 0.397. The van der Waals surface area contributed by atoms with Gasteiger partial charge in [-0.25, -0.2) is 0 Å². The van der Waals surface area contributed by atoms with E-state index >= 15 is 0 Å². The van der Waals surface area contributed by atoms with Crippen molar-refractivity contribution in [1.82, 2.24) is 9.55 Å². The number of fused-ring (bicyclic) bond motifs is 3. The zero-order valence-electron chi connectivity index (χ0n) is 20.4. The molecule has 5 aromatic rings. The third-order valence-corrected chi connectivity index (χ3v) is 7.02. The Morgan fingerprint density at radius 2 is 1.69 bits per heavy atom. The summed E-state index contributed by atoms with van der Waals surface area (Å²) in [5, 5.41) is 1.06. The Balaban J connectivity index is 1.37. The van der Waals surface area contributed by atoms with Crippen LogP contribution >= 0.6 is 0 Å². The second-order valence-corrected chi connectivity index (χ2v) is 8.98. The second-order valence-electron chi connectivity index (χ2n) is 8.98. The third-order valence-electron chi connectivity index (χ3n) is 7.02. The van der Waals surface area contributed by atoms with E-state index in [4.69, 9.17) is 19.6 Å². The van der Waals surface area contributed by atoms with Crippen molar-refractivity contribution in [1.29, 1.82) is 0 Å². The number of methoxy groups -OCH3 is 2. The van der Waals surface area contributed by atoms with Crippen molar-refractivity contribution in [3.63, 3.8) is 0 Å². The van der Waals surface area contributed by atoms with E-state index < -0.39 is 0 Å². The van der Waals surface area contributed by atoms with Crippen molar-refractivity contribution in [3.05, 3.63) is 58.8 Å². The van der Waals surface area contributed by atoms with Gasteiger partial charge in [0, 0.05) is 50.7 Å². The molecule has 0 atom stereocenters. The van der Waals surface area contributed by atoms with Crippen molar-refractivity contribution < 1.29 is 13.9 Å². The maximum Gasteiger partial charge on any atom is 0.298 e.